The molecule has 0 saturated heterocycles. The molecule has 1 aromatic rings. The van der Waals surface area contributed by atoms with Crippen LogP contribution in [-0.2, 0) is 0 Å². The highest BCUT2D eigenvalue weighted by Gasteiger charge is 2.23. The van der Waals surface area contributed by atoms with Crippen LogP contribution in [0.5, 0.6) is 0 Å². The van der Waals surface area contributed by atoms with Crippen LogP contribution in [0.2, 0.25) is 0 Å². The summed E-state index contributed by atoms with van der Waals surface area (Å²) in [5.41, 5.74) is 0.425. The number of carbonyl (C=O) groups is 1. The molecule has 0 radical (unpaired) electrons. The van der Waals surface area contributed by atoms with Gasteiger partial charge in [0.05, 0.1) is 0 Å². The second kappa shape index (κ2) is 5.72. The van der Waals surface area contributed by atoms with Crippen molar-refractivity contribution in [2.75, 3.05) is 0 Å². The van der Waals surface area contributed by atoms with Gasteiger partial charge >= 0.3 is 0 Å². The summed E-state index contributed by atoms with van der Waals surface area (Å²) < 4.78 is 3.69. The molecule has 2 rings (SSSR count). The van der Waals surface area contributed by atoms with Gasteiger partial charge < -0.3 is 5.32 Å². The third-order valence-electron chi connectivity index (χ3n) is 2.84. The highest BCUT2D eigenvalue weighted by atomic mass is 79.9. The molecule has 1 saturated carbocycles. The Hall–Kier alpha value is -0.490. The first-order chi connectivity index (χ1) is 7.77. The molecule has 4 nitrogen and oxygen atoms in total. The molecular formula is C10H14BrN3OS. The van der Waals surface area contributed by atoms with E-state index < -0.39 is 0 Å². The minimum absolute atomic E-state index is 0.106. The van der Waals surface area contributed by atoms with Crippen molar-refractivity contribution in [1.29, 1.82) is 0 Å². The van der Waals surface area contributed by atoms with Crippen LogP contribution >= 0.6 is 27.5 Å². The van der Waals surface area contributed by atoms with Gasteiger partial charge in [-0.05, 0) is 24.4 Å². The summed E-state index contributed by atoms with van der Waals surface area (Å²) in [5.74, 6) is -0.106. The van der Waals surface area contributed by atoms with E-state index in [0.29, 0.717) is 10.5 Å². The summed E-state index contributed by atoms with van der Waals surface area (Å²) in [6.45, 7) is 0. The number of alkyl halides is 1. The number of nitrogens with zero attached hydrogens (tertiary/aromatic N) is 2. The van der Waals surface area contributed by atoms with Crippen LogP contribution < -0.4 is 5.32 Å². The maximum atomic E-state index is 11.8. The summed E-state index contributed by atoms with van der Waals surface area (Å²) in [4.78, 5) is 12.2. The van der Waals surface area contributed by atoms with E-state index in [1.807, 2.05) is 0 Å². The molecule has 0 aliphatic heterocycles. The van der Waals surface area contributed by atoms with Crippen molar-refractivity contribution in [1.82, 2.24) is 14.9 Å². The van der Waals surface area contributed by atoms with Crippen molar-refractivity contribution in [2.45, 2.75) is 43.0 Å². The van der Waals surface area contributed by atoms with Gasteiger partial charge in [0.25, 0.3) is 5.91 Å². The number of amides is 1. The van der Waals surface area contributed by atoms with Crippen LogP contribution in [-0.4, -0.2) is 26.4 Å². The van der Waals surface area contributed by atoms with Crippen LogP contribution in [0.25, 0.3) is 0 Å². The molecule has 0 spiro atoms. The summed E-state index contributed by atoms with van der Waals surface area (Å²) in [7, 11) is 0. The van der Waals surface area contributed by atoms with Gasteiger partial charge in [-0.1, -0.05) is 39.7 Å². The lowest BCUT2D eigenvalue weighted by atomic mass is 10.1. The Morgan fingerprint density at radius 3 is 3.00 bits per heavy atom. The smallest absolute Gasteiger partial charge is 0.272 e. The molecular weight excluding hydrogens is 290 g/mol. The van der Waals surface area contributed by atoms with E-state index in [1.54, 1.807) is 5.38 Å². The predicted molar refractivity (Wildman–Crippen MR) is 67.0 cm³/mol. The van der Waals surface area contributed by atoms with Gasteiger partial charge in [-0.15, -0.1) is 5.10 Å². The van der Waals surface area contributed by atoms with Gasteiger partial charge in [-0.2, -0.15) is 0 Å². The van der Waals surface area contributed by atoms with Crippen molar-refractivity contribution in [3.63, 3.8) is 0 Å². The zero-order chi connectivity index (χ0) is 11.4. The molecule has 88 valence electrons. The normalized spacial score (nSPS) is 26.1. The van der Waals surface area contributed by atoms with Crippen molar-refractivity contribution in [2.24, 2.45) is 0 Å². The van der Waals surface area contributed by atoms with Gasteiger partial charge in [-0.3, -0.25) is 4.79 Å². The average molecular weight is 304 g/mol. The molecule has 1 heterocycles. The molecule has 16 heavy (non-hydrogen) atoms. The van der Waals surface area contributed by atoms with Crippen LogP contribution in [0.15, 0.2) is 5.38 Å². The molecule has 1 aliphatic carbocycles. The molecule has 0 aromatic carbocycles. The first-order valence-corrected chi connectivity index (χ1v) is 7.24. The fourth-order valence-corrected chi connectivity index (χ4v) is 3.09. The lowest BCUT2D eigenvalue weighted by Crippen LogP contribution is -2.40. The van der Waals surface area contributed by atoms with E-state index in [4.69, 9.17) is 0 Å². The highest BCUT2D eigenvalue weighted by Crippen LogP contribution is 2.23. The van der Waals surface area contributed by atoms with Crippen LogP contribution in [0.1, 0.15) is 42.6 Å². The maximum Gasteiger partial charge on any atom is 0.272 e. The lowest BCUT2D eigenvalue weighted by molar-refractivity contribution is 0.0930. The molecule has 1 fully saturated rings. The molecule has 6 heteroatoms. The van der Waals surface area contributed by atoms with Gasteiger partial charge in [0, 0.05) is 16.2 Å². The first kappa shape index (κ1) is 12.0. The topological polar surface area (TPSA) is 54.9 Å². The summed E-state index contributed by atoms with van der Waals surface area (Å²) in [6, 6.07) is 0.219. The van der Waals surface area contributed by atoms with Crippen LogP contribution in [0.3, 0.4) is 0 Å². The van der Waals surface area contributed by atoms with Crippen LogP contribution in [0.4, 0.5) is 0 Å². The monoisotopic (exact) mass is 303 g/mol. The zero-order valence-corrected chi connectivity index (χ0v) is 11.3. The first-order valence-electron chi connectivity index (χ1n) is 5.49. The fraction of sp³-hybridized carbons (Fsp3) is 0.700. The molecule has 1 N–H and O–H groups in total. The van der Waals surface area contributed by atoms with E-state index in [-0.39, 0.29) is 11.9 Å². The predicted octanol–water partition coefficient (Wildman–Crippen LogP) is 2.36. The molecule has 0 bridgehead atoms. The van der Waals surface area contributed by atoms with Gasteiger partial charge in [0.2, 0.25) is 0 Å². The average Bonchev–Trinajstić information content (AvgIpc) is 2.73. The second-order valence-electron chi connectivity index (χ2n) is 4.02. The van der Waals surface area contributed by atoms with Crippen molar-refractivity contribution >= 4 is 33.4 Å². The Bertz CT molecular complexity index is 344. The molecule has 2 atom stereocenters. The van der Waals surface area contributed by atoms with Gasteiger partial charge in [-0.25, -0.2) is 0 Å². The summed E-state index contributed by atoms with van der Waals surface area (Å²) in [6.07, 6.45) is 5.84. The van der Waals surface area contributed by atoms with E-state index in [0.717, 1.165) is 12.8 Å². The SMILES string of the molecule is O=C(NC1CCCCCC1Br)c1csnn1. The number of aromatic nitrogens is 2. The van der Waals surface area contributed by atoms with Crippen molar-refractivity contribution in [3.05, 3.63) is 11.1 Å². The number of hydrogen-bond donors (Lipinski definition) is 1. The summed E-state index contributed by atoms with van der Waals surface area (Å²) in [5, 5.41) is 8.48. The largest absolute Gasteiger partial charge is 0.347 e. The number of halogens is 1. The minimum Gasteiger partial charge on any atom is -0.347 e. The molecule has 1 aliphatic rings. The van der Waals surface area contributed by atoms with E-state index in [1.165, 1.54) is 30.8 Å². The third kappa shape index (κ3) is 3.01. The van der Waals surface area contributed by atoms with Crippen molar-refractivity contribution in [3.8, 4) is 0 Å². The minimum atomic E-state index is -0.106. The summed E-state index contributed by atoms with van der Waals surface area (Å²) >= 11 is 4.85. The Balaban J connectivity index is 1.95. The van der Waals surface area contributed by atoms with Gasteiger partial charge in [0.1, 0.15) is 0 Å². The maximum absolute atomic E-state index is 11.8. The molecule has 1 amide bonds. The van der Waals surface area contributed by atoms with Gasteiger partial charge in [0.15, 0.2) is 5.69 Å². The lowest BCUT2D eigenvalue weighted by Gasteiger charge is -2.20. The van der Waals surface area contributed by atoms with Crippen LogP contribution in [0, 0.1) is 0 Å². The standard InChI is InChI=1S/C10H14BrN3OS/c11-7-4-2-1-3-5-8(7)12-10(15)9-6-16-14-13-9/h6-8H,1-5H2,(H,12,15). The Morgan fingerprint density at radius 2 is 2.25 bits per heavy atom. The quantitative estimate of drug-likeness (QED) is 0.674. The fourth-order valence-electron chi connectivity index (χ4n) is 1.93. The van der Waals surface area contributed by atoms with E-state index in [9.17, 15) is 4.79 Å². The number of carbonyl (C=O) groups excluding carboxylic acids is 1. The van der Waals surface area contributed by atoms with E-state index in [2.05, 4.69) is 30.8 Å². The van der Waals surface area contributed by atoms with E-state index >= 15 is 0 Å². The molecule has 2 unspecified atom stereocenters. The third-order valence-corrected chi connectivity index (χ3v) is 4.44. The Labute approximate surface area is 107 Å². The number of hydrogen-bond acceptors (Lipinski definition) is 4. The Morgan fingerprint density at radius 1 is 1.44 bits per heavy atom. The molecule has 1 aromatic heterocycles. The number of rotatable bonds is 2. The Kier molecular flexibility index (Phi) is 4.29. The second-order valence-corrected chi connectivity index (χ2v) is 5.81. The highest BCUT2D eigenvalue weighted by molar-refractivity contribution is 9.09. The number of nitrogens with one attached hydrogen (secondary N) is 1. The van der Waals surface area contributed by atoms with Crippen molar-refractivity contribution < 1.29 is 4.79 Å². The zero-order valence-electron chi connectivity index (χ0n) is 8.86.